The summed E-state index contributed by atoms with van der Waals surface area (Å²) in [6, 6.07) is 2.30. The van der Waals surface area contributed by atoms with E-state index in [2.05, 4.69) is 11.1 Å². The lowest BCUT2D eigenvalue weighted by atomic mass is 9.62. The van der Waals surface area contributed by atoms with Crippen molar-refractivity contribution in [2.75, 3.05) is 0 Å². The van der Waals surface area contributed by atoms with Crippen LogP contribution >= 0.6 is 11.3 Å². The first-order valence-electron chi connectivity index (χ1n) is 6.27. The van der Waals surface area contributed by atoms with Gasteiger partial charge < -0.3 is 0 Å². The van der Waals surface area contributed by atoms with Crippen molar-refractivity contribution in [3.63, 3.8) is 0 Å². The summed E-state index contributed by atoms with van der Waals surface area (Å²) >= 11 is 1.54. The van der Waals surface area contributed by atoms with Crippen molar-refractivity contribution in [1.29, 1.82) is 5.26 Å². The molecule has 1 heterocycles. The molecule has 0 amide bonds. The van der Waals surface area contributed by atoms with Gasteiger partial charge in [-0.15, -0.1) is 11.3 Å². The zero-order valence-corrected chi connectivity index (χ0v) is 11.9. The summed E-state index contributed by atoms with van der Waals surface area (Å²) in [5.74, 6) is 0.0941. The van der Waals surface area contributed by atoms with Gasteiger partial charge in [-0.05, 0) is 19.8 Å². The highest BCUT2D eigenvalue weighted by atomic mass is 32.1. The van der Waals surface area contributed by atoms with Crippen LogP contribution in [0.4, 0.5) is 0 Å². The SMILES string of the molecule is Cc1csc(CC2(C#N)CCCC(C)(C)C2=O)n1. The molecule has 1 unspecified atom stereocenters. The third-order valence-corrected chi connectivity index (χ3v) is 4.75. The molecular formula is C14H18N2OS. The molecule has 0 spiro atoms. The number of hydrogen-bond acceptors (Lipinski definition) is 4. The first-order chi connectivity index (χ1) is 8.39. The summed E-state index contributed by atoms with van der Waals surface area (Å²) in [6.45, 7) is 5.84. The van der Waals surface area contributed by atoms with Gasteiger partial charge in [0.15, 0.2) is 5.78 Å². The molecule has 0 aliphatic heterocycles. The topological polar surface area (TPSA) is 53.8 Å². The number of hydrogen-bond donors (Lipinski definition) is 0. The Labute approximate surface area is 112 Å². The van der Waals surface area contributed by atoms with E-state index in [1.165, 1.54) is 0 Å². The molecule has 1 fully saturated rings. The van der Waals surface area contributed by atoms with Crippen molar-refractivity contribution >= 4 is 17.1 Å². The molecule has 4 heteroatoms. The fourth-order valence-electron chi connectivity index (χ4n) is 2.76. The average molecular weight is 262 g/mol. The maximum atomic E-state index is 12.6. The molecule has 0 N–H and O–H groups in total. The minimum Gasteiger partial charge on any atom is -0.297 e. The first kappa shape index (κ1) is 13.2. The van der Waals surface area contributed by atoms with Crippen molar-refractivity contribution < 1.29 is 4.79 Å². The molecule has 1 aromatic heterocycles. The maximum Gasteiger partial charge on any atom is 0.159 e. The molecule has 1 aliphatic carbocycles. The summed E-state index contributed by atoms with van der Waals surface area (Å²) in [5, 5.41) is 12.4. The van der Waals surface area contributed by atoms with E-state index in [1.54, 1.807) is 11.3 Å². The van der Waals surface area contributed by atoms with Crippen molar-refractivity contribution in [1.82, 2.24) is 4.98 Å². The Kier molecular flexibility index (Phi) is 3.29. The van der Waals surface area contributed by atoms with Gasteiger partial charge in [0.1, 0.15) is 5.41 Å². The van der Waals surface area contributed by atoms with E-state index < -0.39 is 5.41 Å². The molecular weight excluding hydrogens is 244 g/mol. The van der Waals surface area contributed by atoms with Crippen LogP contribution in [0.25, 0.3) is 0 Å². The molecule has 0 aromatic carbocycles. The van der Waals surface area contributed by atoms with Crippen LogP contribution in [0, 0.1) is 29.1 Å². The van der Waals surface area contributed by atoms with Crippen LogP contribution in [0.3, 0.4) is 0 Å². The summed E-state index contributed by atoms with van der Waals surface area (Å²) in [4.78, 5) is 17.0. The maximum absolute atomic E-state index is 12.6. The van der Waals surface area contributed by atoms with Gasteiger partial charge in [-0.3, -0.25) is 4.79 Å². The fraction of sp³-hybridized carbons (Fsp3) is 0.643. The second-order valence-electron chi connectivity index (χ2n) is 5.82. The number of aryl methyl sites for hydroxylation is 1. The van der Waals surface area contributed by atoms with Crippen LogP contribution < -0.4 is 0 Å². The number of carbonyl (C=O) groups is 1. The van der Waals surface area contributed by atoms with Gasteiger partial charge in [0.2, 0.25) is 0 Å². The Hall–Kier alpha value is -1.21. The highest BCUT2D eigenvalue weighted by Gasteiger charge is 2.49. The van der Waals surface area contributed by atoms with Crippen molar-refractivity contribution in [3.05, 3.63) is 16.1 Å². The number of thiazole rings is 1. The minimum absolute atomic E-state index is 0.0941. The number of aromatic nitrogens is 1. The van der Waals surface area contributed by atoms with Crippen LogP contribution in [0.15, 0.2) is 5.38 Å². The number of nitrogens with zero attached hydrogens (tertiary/aromatic N) is 2. The summed E-state index contributed by atoms with van der Waals surface area (Å²) < 4.78 is 0. The summed E-state index contributed by atoms with van der Waals surface area (Å²) in [7, 11) is 0. The van der Waals surface area contributed by atoms with Crippen molar-refractivity contribution in [2.24, 2.45) is 10.8 Å². The van der Waals surface area contributed by atoms with E-state index in [-0.39, 0.29) is 11.2 Å². The van der Waals surface area contributed by atoms with E-state index in [0.717, 1.165) is 23.5 Å². The quantitative estimate of drug-likeness (QED) is 0.821. The Bertz CT molecular complexity index is 512. The molecule has 96 valence electrons. The lowest BCUT2D eigenvalue weighted by molar-refractivity contribution is -0.138. The van der Waals surface area contributed by atoms with E-state index in [0.29, 0.717) is 12.8 Å². The van der Waals surface area contributed by atoms with Gasteiger partial charge >= 0.3 is 0 Å². The molecule has 3 nitrogen and oxygen atoms in total. The fourth-order valence-corrected chi connectivity index (χ4v) is 3.65. The number of ketones is 1. The largest absolute Gasteiger partial charge is 0.297 e. The van der Waals surface area contributed by atoms with E-state index in [1.807, 2.05) is 26.2 Å². The molecule has 0 radical (unpaired) electrons. The van der Waals surface area contributed by atoms with Crippen LogP contribution in [0.5, 0.6) is 0 Å². The van der Waals surface area contributed by atoms with Crippen LogP contribution in [-0.4, -0.2) is 10.8 Å². The molecule has 1 atom stereocenters. The molecule has 1 aromatic rings. The van der Waals surface area contributed by atoms with Crippen LogP contribution in [0.1, 0.15) is 43.8 Å². The molecule has 1 saturated carbocycles. The standard InChI is InChI=1S/C14H18N2OS/c1-10-8-18-11(16-10)7-14(9-15)6-4-5-13(2,3)12(14)17/h8H,4-7H2,1-3H3. The Balaban J connectivity index is 2.31. The van der Waals surface area contributed by atoms with Gasteiger partial charge in [0.25, 0.3) is 0 Å². The summed E-state index contributed by atoms with van der Waals surface area (Å²) in [6.07, 6.45) is 2.97. The lowest BCUT2D eigenvalue weighted by Crippen LogP contribution is -2.45. The molecule has 2 rings (SSSR count). The number of Topliss-reactive ketones (excluding diaryl/α,β-unsaturated/α-hetero) is 1. The Morgan fingerprint density at radius 2 is 2.22 bits per heavy atom. The van der Waals surface area contributed by atoms with Gasteiger partial charge in [-0.2, -0.15) is 5.26 Å². The van der Waals surface area contributed by atoms with Crippen molar-refractivity contribution in [2.45, 2.75) is 46.5 Å². The Morgan fingerprint density at radius 3 is 2.78 bits per heavy atom. The highest BCUT2D eigenvalue weighted by Crippen LogP contribution is 2.44. The minimum atomic E-state index is -0.855. The van der Waals surface area contributed by atoms with E-state index in [9.17, 15) is 10.1 Å². The second kappa shape index (κ2) is 4.47. The smallest absolute Gasteiger partial charge is 0.159 e. The Morgan fingerprint density at radius 1 is 1.50 bits per heavy atom. The monoisotopic (exact) mass is 262 g/mol. The van der Waals surface area contributed by atoms with Crippen LogP contribution in [-0.2, 0) is 11.2 Å². The van der Waals surface area contributed by atoms with E-state index in [4.69, 9.17) is 0 Å². The second-order valence-corrected chi connectivity index (χ2v) is 6.76. The first-order valence-corrected chi connectivity index (χ1v) is 7.15. The van der Waals surface area contributed by atoms with Gasteiger partial charge in [0, 0.05) is 22.9 Å². The predicted molar refractivity (Wildman–Crippen MR) is 71.2 cm³/mol. The zero-order valence-electron chi connectivity index (χ0n) is 11.1. The average Bonchev–Trinajstić information content (AvgIpc) is 2.71. The van der Waals surface area contributed by atoms with Gasteiger partial charge in [0.05, 0.1) is 11.1 Å². The third kappa shape index (κ3) is 2.20. The van der Waals surface area contributed by atoms with Gasteiger partial charge in [-0.25, -0.2) is 4.98 Å². The lowest BCUT2D eigenvalue weighted by Gasteiger charge is -2.38. The normalized spacial score (nSPS) is 26.9. The molecule has 0 bridgehead atoms. The van der Waals surface area contributed by atoms with Crippen molar-refractivity contribution in [3.8, 4) is 6.07 Å². The zero-order chi connectivity index (χ0) is 13.4. The van der Waals surface area contributed by atoms with Crippen LogP contribution in [0.2, 0.25) is 0 Å². The highest BCUT2D eigenvalue weighted by molar-refractivity contribution is 7.09. The number of nitriles is 1. The molecule has 0 saturated heterocycles. The molecule has 18 heavy (non-hydrogen) atoms. The summed E-state index contributed by atoms with van der Waals surface area (Å²) in [5.41, 5.74) is -0.266. The molecule has 1 aliphatic rings. The number of carbonyl (C=O) groups excluding carboxylic acids is 1. The third-order valence-electron chi connectivity index (χ3n) is 3.79. The van der Waals surface area contributed by atoms with E-state index >= 15 is 0 Å². The predicted octanol–water partition coefficient (Wildman–Crippen LogP) is 3.28. The van der Waals surface area contributed by atoms with Gasteiger partial charge in [-0.1, -0.05) is 20.3 Å². The number of rotatable bonds is 2.